The van der Waals surface area contributed by atoms with E-state index in [1.54, 1.807) is 12.1 Å². The van der Waals surface area contributed by atoms with Gasteiger partial charge in [0.15, 0.2) is 0 Å². The fourth-order valence-corrected chi connectivity index (χ4v) is 2.09. The fraction of sp³-hybridized carbons (Fsp3) is 0.500. The van der Waals surface area contributed by atoms with Gasteiger partial charge in [-0.05, 0) is 37.5 Å². The van der Waals surface area contributed by atoms with Crippen LogP contribution in [0, 0.1) is 11.7 Å². The minimum atomic E-state index is -0.467. The van der Waals surface area contributed by atoms with Gasteiger partial charge in [0, 0.05) is 12.2 Å². The second kappa shape index (κ2) is 6.52. The van der Waals surface area contributed by atoms with Gasteiger partial charge >= 0.3 is 6.03 Å². The molecule has 1 unspecified atom stereocenters. The van der Waals surface area contributed by atoms with E-state index in [0.29, 0.717) is 18.2 Å². The molecule has 0 aliphatic heterocycles. The lowest BCUT2D eigenvalue weighted by molar-refractivity contribution is 0.233. The lowest BCUT2D eigenvalue weighted by Crippen LogP contribution is -2.53. The summed E-state index contributed by atoms with van der Waals surface area (Å²) in [7, 11) is 0. The first-order valence-electron chi connectivity index (χ1n) is 6.39. The zero-order valence-corrected chi connectivity index (χ0v) is 11.7. The molecule has 0 saturated heterocycles. The Morgan fingerprint density at radius 1 is 1.47 bits per heavy atom. The molecule has 0 aliphatic rings. The summed E-state index contributed by atoms with van der Waals surface area (Å²) in [5.41, 5.74) is 5.67. The van der Waals surface area contributed by atoms with E-state index in [0.717, 1.165) is 6.42 Å². The van der Waals surface area contributed by atoms with Crippen LogP contribution in [0.5, 0.6) is 0 Å². The Kier molecular flexibility index (Phi) is 5.30. The second-order valence-electron chi connectivity index (χ2n) is 5.45. The highest BCUT2D eigenvalue weighted by Crippen LogP contribution is 2.16. The molecule has 1 rings (SSSR count). The van der Waals surface area contributed by atoms with Crippen LogP contribution in [-0.4, -0.2) is 18.1 Å². The Balaban J connectivity index is 2.63. The molecule has 4 N–H and O–H groups in total. The van der Waals surface area contributed by atoms with Gasteiger partial charge in [-0.2, -0.15) is 0 Å². The lowest BCUT2D eigenvalue weighted by Gasteiger charge is -2.31. The smallest absolute Gasteiger partial charge is 0.319 e. The number of hydrogen-bond donors (Lipinski definition) is 3. The molecule has 2 amide bonds. The monoisotopic (exact) mass is 267 g/mol. The third-order valence-corrected chi connectivity index (χ3v) is 2.81. The molecule has 19 heavy (non-hydrogen) atoms. The van der Waals surface area contributed by atoms with Crippen molar-refractivity contribution >= 4 is 11.7 Å². The minimum absolute atomic E-state index is 0.349. The van der Waals surface area contributed by atoms with Crippen LogP contribution in [0.2, 0.25) is 0 Å². The standard InChI is InChI=1S/C14H22FN3O/c1-10(2)8-14(3,9-16)18-13(19)17-12-6-4-5-11(15)7-12/h4-7,10H,8-9,16H2,1-3H3,(H2,17,18,19). The van der Waals surface area contributed by atoms with Gasteiger partial charge in [0.1, 0.15) is 5.82 Å². The first kappa shape index (κ1) is 15.4. The number of nitrogens with one attached hydrogen (secondary N) is 2. The maximum absolute atomic E-state index is 13.0. The normalized spacial score (nSPS) is 14.0. The molecular weight excluding hydrogens is 245 g/mol. The van der Waals surface area contributed by atoms with E-state index in [1.165, 1.54) is 12.1 Å². The molecule has 0 saturated carbocycles. The molecular formula is C14H22FN3O. The van der Waals surface area contributed by atoms with Crippen LogP contribution < -0.4 is 16.4 Å². The molecule has 1 aromatic carbocycles. The third kappa shape index (κ3) is 5.26. The minimum Gasteiger partial charge on any atom is -0.331 e. The van der Waals surface area contributed by atoms with Crippen LogP contribution in [0.4, 0.5) is 14.9 Å². The van der Waals surface area contributed by atoms with Crippen LogP contribution in [0.3, 0.4) is 0 Å². The van der Waals surface area contributed by atoms with Gasteiger partial charge in [-0.15, -0.1) is 0 Å². The van der Waals surface area contributed by atoms with E-state index in [4.69, 9.17) is 5.73 Å². The number of hydrogen-bond acceptors (Lipinski definition) is 2. The van der Waals surface area contributed by atoms with Crippen molar-refractivity contribution in [1.29, 1.82) is 0 Å². The first-order valence-corrected chi connectivity index (χ1v) is 6.39. The van der Waals surface area contributed by atoms with Crippen molar-refractivity contribution < 1.29 is 9.18 Å². The van der Waals surface area contributed by atoms with Gasteiger partial charge in [-0.25, -0.2) is 9.18 Å². The zero-order valence-electron chi connectivity index (χ0n) is 11.7. The summed E-state index contributed by atoms with van der Waals surface area (Å²) in [5.74, 6) is 0.0320. The molecule has 0 spiro atoms. The zero-order chi connectivity index (χ0) is 14.5. The van der Waals surface area contributed by atoms with Crippen molar-refractivity contribution in [3.8, 4) is 0 Å². The molecule has 1 aromatic rings. The molecule has 5 heteroatoms. The summed E-state index contributed by atoms with van der Waals surface area (Å²) in [6, 6.07) is 5.39. The number of rotatable bonds is 5. The van der Waals surface area contributed by atoms with Crippen molar-refractivity contribution in [1.82, 2.24) is 5.32 Å². The van der Waals surface area contributed by atoms with Crippen LogP contribution in [0.25, 0.3) is 0 Å². The Morgan fingerprint density at radius 3 is 2.68 bits per heavy atom. The number of halogens is 1. The number of anilines is 1. The quantitative estimate of drug-likeness (QED) is 0.768. The Morgan fingerprint density at radius 2 is 2.16 bits per heavy atom. The summed E-state index contributed by atoms with van der Waals surface area (Å²) in [5, 5.41) is 5.45. The average molecular weight is 267 g/mol. The average Bonchev–Trinajstić information content (AvgIpc) is 2.27. The molecule has 1 atom stereocenters. The highest BCUT2D eigenvalue weighted by molar-refractivity contribution is 5.89. The van der Waals surface area contributed by atoms with Gasteiger partial charge in [0.05, 0.1) is 5.54 Å². The molecule has 106 valence electrons. The largest absolute Gasteiger partial charge is 0.331 e. The van der Waals surface area contributed by atoms with E-state index in [-0.39, 0.29) is 11.8 Å². The Bertz CT molecular complexity index is 436. The van der Waals surface area contributed by atoms with Crippen molar-refractivity contribution in [2.75, 3.05) is 11.9 Å². The van der Waals surface area contributed by atoms with E-state index >= 15 is 0 Å². The predicted octanol–water partition coefficient (Wildman–Crippen LogP) is 2.71. The molecule has 0 fully saturated rings. The maximum Gasteiger partial charge on any atom is 0.319 e. The molecule has 0 aliphatic carbocycles. The van der Waals surface area contributed by atoms with E-state index < -0.39 is 5.54 Å². The van der Waals surface area contributed by atoms with E-state index in [2.05, 4.69) is 24.5 Å². The number of nitrogens with two attached hydrogens (primary N) is 1. The Hall–Kier alpha value is -1.62. The van der Waals surface area contributed by atoms with Gasteiger partial charge in [-0.1, -0.05) is 19.9 Å². The van der Waals surface area contributed by atoms with Crippen LogP contribution in [-0.2, 0) is 0 Å². The third-order valence-electron chi connectivity index (χ3n) is 2.81. The number of benzene rings is 1. The van der Waals surface area contributed by atoms with Crippen molar-refractivity contribution in [2.45, 2.75) is 32.7 Å². The van der Waals surface area contributed by atoms with Crippen LogP contribution >= 0.6 is 0 Å². The molecule has 0 bridgehead atoms. The number of urea groups is 1. The summed E-state index contributed by atoms with van der Waals surface area (Å²) in [6.07, 6.45) is 0.778. The number of carbonyl (C=O) groups excluding carboxylic acids is 1. The summed E-state index contributed by atoms with van der Waals surface area (Å²) in [6.45, 7) is 6.39. The van der Waals surface area contributed by atoms with Crippen molar-refractivity contribution in [3.63, 3.8) is 0 Å². The maximum atomic E-state index is 13.0. The summed E-state index contributed by atoms with van der Waals surface area (Å²) in [4.78, 5) is 11.9. The number of amides is 2. The molecule has 0 aromatic heterocycles. The van der Waals surface area contributed by atoms with Crippen LogP contribution in [0.15, 0.2) is 24.3 Å². The van der Waals surface area contributed by atoms with E-state index in [9.17, 15) is 9.18 Å². The SMILES string of the molecule is CC(C)CC(C)(CN)NC(=O)Nc1cccc(F)c1. The topological polar surface area (TPSA) is 67.1 Å². The molecule has 0 radical (unpaired) electrons. The summed E-state index contributed by atoms with van der Waals surface area (Å²) < 4.78 is 13.0. The van der Waals surface area contributed by atoms with Crippen molar-refractivity contribution in [2.24, 2.45) is 11.7 Å². The van der Waals surface area contributed by atoms with Gasteiger partial charge in [0.25, 0.3) is 0 Å². The first-order chi connectivity index (χ1) is 8.84. The van der Waals surface area contributed by atoms with Crippen molar-refractivity contribution in [3.05, 3.63) is 30.1 Å². The fourth-order valence-electron chi connectivity index (χ4n) is 2.09. The highest BCUT2D eigenvalue weighted by atomic mass is 19.1. The Labute approximate surface area is 113 Å². The number of carbonyl (C=O) groups is 1. The second-order valence-corrected chi connectivity index (χ2v) is 5.45. The summed E-state index contributed by atoms with van der Waals surface area (Å²) >= 11 is 0. The van der Waals surface area contributed by atoms with Crippen LogP contribution in [0.1, 0.15) is 27.2 Å². The predicted molar refractivity (Wildman–Crippen MR) is 75.5 cm³/mol. The van der Waals surface area contributed by atoms with Gasteiger partial charge < -0.3 is 16.4 Å². The van der Waals surface area contributed by atoms with Gasteiger partial charge in [0.2, 0.25) is 0 Å². The molecule has 4 nitrogen and oxygen atoms in total. The van der Waals surface area contributed by atoms with Gasteiger partial charge in [-0.3, -0.25) is 0 Å². The van der Waals surface area contributed by atoms with E-state index in [1.807, 2.05) is 6.92 Å². The highest BCUT2D eigenvalue weighted by Gasteiger charge is 2.25. The lowest BCUT2D eigenvalue weighted by atomic mass is 9.91. The molecule has 0 heterocycles.